The Hall–Kier alpha value is -0.600. The Morgan fingerprint density at radius 1 is 0.706 bits per heavy atom. The molecule has 0 saturated heterocycles. The number of fused-ring (bicyclic) bond motifs is 6. The van der Waals surface area contributed by atoms with Gasteiger partial charge in [-0.3, -0.25) is 0 Å². The summed E-state index contributed by atoms with van der Waals surface area (Å²) in [6, 6.07) is 17.5. The zero-order chi connectivity index (χ0) is 11.6. The van der Waals surface area contributed by atoms with E-state index in [1.54, 1.807) is 0 Å². The Kier molecular flexibility index (Phi) is 1.97. The van der Waals surface area contributed by atoms with Crippen molar-refractivity contribution in [3.05, 3.63) is 59.7 Å². The summed E-state index contributed by atoms with van der Waals surface area (Å²) in [6.45, 7) is 0. The fourth-order valence-corrected chi connectivity index (χ4v) is 4.91. The van der Waals surface area contributed by atoms with Gasteiger partial charge in [-0.15, -0.1) is 0 Å². The molecule has 1 fully saturated rings. The van der Waals surface area contributed by atoms with Crippen molar-refractivity contribution in [3.8, 4) is 11.1 Å². The maximum Gasteiger partial charge on any atom is 0.0955 e. The van der Waals surface area contributed by atoms with Crippen LogP contribution in [0.25, 0.3) is 11.1 Å². The van der Waals surface area contributed by atoms with Crippen molar-refractivity contribution in [2.45, 2.75) is 15.1 Å². The Labute approximate surface area is 117 Å². The van der Waals surface area contributed by atoms with Crippen LogP contribution in [-0.4, -0.2) is 3.23 Å². The van der Waals surface area contributed by atoms with Crippen LogP contribution in [0.1, 0.15) is 23.0 Å². The van der Waals surface area contributed by atoms with Crippen molar-refractivity contribution in [3.63, 3.8) is 0 Å². The summed E-state index contributed by atoms with van der Waals surface area (Å²) in [5, 5.41) is 0. The molecule has 0 aliphatic heterocycles. The first-order chi connectivity index (χ1) is 8.21. The third kappa shape index (κ3) is 1.23. The Bertz CT molecular complexity index is 562. The molecule has 0 N–H and O–H groups in total. The van der Waals surface area contributed by atoms with E-state index in [1.807, 2.05) is 0 Å². The van der Waals surface area contributed by atoms with Gasteiger partial charge in [-0.1, -0.05) is 80.4 Å². The minimum Gasteiger partial charge on any atom is -0.0713 e. The molecule has 2 aromatic carbocycles. The predicted molar refractivity (Wildman–Crippen MR) is 77.9 cm³/mol. The van der Waals surface area contributed by atoms with Gasteiger partial charge in [0.25, 0.3) is 0 Å². The molecule has 2 aromatic rings. The van der Waals surface area contributed by atoms with Crippen molar-refractivity contribution >= 4 is 31.9 Å². The largest absolute Gasteiger partial charge is 0.0955 e. The number of hydrogen-bond donors (Lipinski definition) is 0. The lowest BCUT2D eigenvalue weighted by Gasteiger charge is -2.18. The third-order valence-corrected chi connectivity index (χ3v) is 5.91. The zero-order valence-corrected chi connectivity index (χ0v) is 12.2. The molecule has 2 aliphatic rings. The van der Waals surface area contributed by atoms with Gasteiger partial charge >= 0.3 is 0 Å². The molecule has 2 heteroatoms. The normalized spacial score (nSPS) is 26.7. The first-order valence-electron chi connectivity index (χ1n) is 5.77. The fourth-order valence-electron chi connectivity index (χ4n) is 3.13. The molecule has 0 spiro atoms. The van der Waals surface area contributed by atoms with E-state index in [2.05, 4.69) is 80.4 Å². The van der Waals surface area contributed by atoms with E-state index >= 15 is 0 Å². The van der Waals surface area contributed by atoms with Gasteiger partial charge in [0.05, 0.1) is 3.23 Å². The van der Waals surface area contributed by atoms with Crippen molar-refractivity contribution in [2.24, 2.45) is 0 Å². The van der Waals surface area contributed by atoms with Crippen LogP contribution in [-0.2, 0) is 0 Å². The zero-order valence-electron chi connectivity index (χ0n) is 9.03. The molecule has 0 bridgehead atoms. The van der Waals surface area contributed by atoms with Gasteiger partial charge in [0, 0.05) is 11.8 Å². The Morgan fingerprint density at radius 3 is 1.59 bits per heavy atom. The molecular formula is C15H10Br2. The summed E-state index contributed by atoms with van der Waals surface area (Å²) in [5.41, 5.74) is 5.71. The fraction of sp³-hybridized carbons (Fsp3) is 0.200. The van der Waals surface area contributed by atoms with Crippen LogP contribution in [0.3, 0.4) is 0 Å². The summed E-state index contributed by atoms with van der Waals surface area (Å²) < 4.78 is 0.0582. The van der Waals surface area contributed by atoms with Gasteiger partial charge in [-0.05, 0) is 22.3 Å². The average molecular weight is 350 g/mol. The van der Waals surface area contributed by atoms with E-state index in [0.717, 1.165) is 0 Å². The number of hydrogen-bond acceptors (Lipinski definition) is 0. The van der Waals surface area contributed by atoms with E-state index in [9.17, 15) is 0 Å². The molecule has 2 aliphatic carbocycles. The molecule has 0 radical (unpaired) electrons. The average Bonchev–Trinajstić information content (AvgIpc) is 2.94. The second kappa shape index (κ2) is 3.24. The molecule has 0 aromatic heterocycles. The maximum atomic E-state index is 3.84. The molecule has 2 atom stereocenters. The van der Waals surface area contributed by atoms with Gasteiger partial charge in [0.1, 0.15) is 0 Å². The van der Waals surface area contributed by atoms with Crippen LogP contribution in [0.2, 0.25) is 0 Å². The molecule has 0 unspecified atom stereocenters. The molecule has 17 heavy (non-hydrogen) atoms. The SMILES string of the molecule is BrC1(Br)[C@@H]2c3ccccc3-c3ccccc3[C@@H]21. The lowest BCUT2D eigenvalue weighted by atomic mass is 9.86. The van der Waals surface area contributed by atoms with Gasteiger partial charge < -0.3 is 0 Å². The van der Waals surface area contributed by atoms with Crippen LogP contribution in [0, 0.1) is 0 Å². The van der Waals surface area contributed by atoms with Crippen molar-refractivity contribution < 1.29 is 0 Å². The maximum absolute atomic E-state index is 3.84. The van der Waals surface area contributed by atoms with Crippen LogP contribution in [0.5, 0.6) is 0 Å². The molecule has 4 rings (SSSR count). The van der Waals surface area contributed by atoms with Crippen LogP contribution < -0.4 is 0 Å². The molecule has 1 saturated carbocycles. The number of rotatable bonds is 0. The second-order valence-electron chi connectivity index (χ2n) is 4.80. The van der Waals surface area contributed by atoms with E-state index in [0.29, 0.717) is 11.8 Å². The molecule has 0 amide bonds. The lowest BCUT2D eigenvalue weighted by Crippen LogP contribution is -1.98. The summed E-state index contributed by atoms with van der Waals surface area (Å²) >= 11 is 7.67. The van der Waals surface area contributed by atoms with Crippen molar-refractivity contribution in [1.82, 2.24) is 0 Å². The summed E-state index contributed by atoms with van der Waals surface area (Å²) in [5.74, 6) is 1.13. The number of alkyl halides is 2. The molecule has 0 nitrogen and oxygen atoms in total. The summed E-state index contributed by atoms with van der Waals surface area (Å²) in [7, 11) is 0. The van der Waals surface area contributed by atoms with Gasteiger partial charge in [-0.25, -0.2) is 0 Å². The molecule has 0 heterocycles. The van der Waals surface area contributed by atoms with Crippen LogP contribution in [0.15, 0.2) is 48.5 Å². The second-order valence-corrected chi connectivity index (χ2v) is 8.49. The smallest absolute Gasteiger partial charge is 0.0713 e. The monoisotopic (exact) mass is 348 g/mol. The highest BCUT2D eigenvalue weighted by Gasteiger charge is 2.65. The van der Waals surface area contributed by atoms with Crippen molar-refractivity contribution in [1.29, 1.82) is 0 Å². The lowest BCUT2D eigenvalue weighted by molar-refractivity contribution is 1.01. The van der Waals surface area contributed by atoms with E-state index < -0.39 is 0 Å². The van der Waals surface area contributed by atoms with Gasteiger partial charge in [0.2, 0.25) is 0 Å². The van der Waals surface area contributed by atoms with E-state index in [4.69, 9.17) is 0 Å². The minimum atomic E-state index is 0.0582. The first-order valence-corrected chi connectivity index (χ1v) is 7.36. The summed E-state index contributed by atoms with van der Waals surface area (Å²) in [6.07, 6.45) is 0. The minimum absolute atomic E-state index is 0.0582. The standard InChI is InChI=1S/C15H10Br2/c16-15(17)13-11-7-3-1-5-9(11)10-6-2-4-8-12(10)14(13)15/h1-8,13-14H/t13-,14+. The highest BCUT2D eigenvalue weighted by molar-refractivity contribution is 9.25. The number of halogens is 2. The molecular weight excluding hydrogens is 340 g/mol. The van der Waals surface area contributed by atoms with Crippen molar-refractivity contribution in [2.75, 3.05) is 0 Å². The van der Waals surface area contributed by atoms with Gasteiger partial charge in [-0.2, -0.15) is 0 Å². The number of benzene rings is 2. The first kappa shape index (κ1) is 10.3. The van der Waals surface area contributed by atoms with Gasteiger partial charge in [0.15, 0.2) is 0 Å². The predicted octanol–water partition coefficient (Wildman–Crippen LogP) is 5.03. The van der Waals surface area contributed by atoms with Crippen LogP contribution >= 0.6 is 31.9 Å². The summed E-state index contributed by atoms with van der Waals surface area (Å²) in [4.78, 5) is 0. The Balaban J connectivity index is 2.07. The third-order valence-electron chi connectivity index (χ3n) is 3.94. The Morgan fingerprint density at radius 2 is 1.12 bits per heavy atom. The van der Waals surface area contributed by atoms with E-state index in [-0.39, 0.29) is 3.23 Å². The molecule has 84 valence electrons. The topological polar surface area (TPSA) is 0 Å². The highest BCUT2D eigenvalue weighted by atomic mass is 79.9. The quantitative estimate of drug-likeness (QED) is 0.585. The van der Waals surface area contributed by atoms with Crippen LogP contribution in [0.4, 0.5) is 0 Å². The highest BCUT2D eigenvalue weighted by Crippen LogP contribution is 2.75. The van der Waals surface area contributed by atoms with E-state index in [1.165, 1.54) is 22.3 Å².